The van der Waals surface area contributed by atoms with Crippen LogP contribution < -0.4 is 0 Å². The first-order chi connectivity index (χ1) is 7.34. The second-order valence-corrected chi connectivity index (χ2v) is 4.55. The highest BCUT2D eigenvalue weighted by Gasteiger charge is 1.95. The summed E-state index contributed by atoms with van der Waals surface area (Å²) in [6.07, 6.45) is 10.1. The molecular formula is C13H10ClS. The Bertz CT molecular complexity index is 413. The molecule has 1 aliphatic rings. The van der Waals surface area contributed by atoms with Gasteiger partial charge >= 0.3 is 0 Å². The average molecular weight is 234 g/mol. The topological polar surface area (TPSA) is 0 Å². The third kappa shape index (κ3) is 3.29. The van der Waals surface area contributed by atoms with Crippen LogP contribution in [0.4, 0.5) is 0 Å². The number of hydrogen-bond donors (Lipinski definition) is 0. The molecule has 0 heterocycles. The quantitative estimate of drug-likeness (QED) is 0.671. The van der Waals surface area contributed by atoms with Gasteiger partial charge in [0.2, 0.25) is 0 Å². The van der Waals surface area contributed by atoms with Gasteiger partial charge in [0.15, 0.2) is 0 Å². The second kappa shape index (κ2) is 5.24. The summed E-state index contributed by atoms with van der Waals surface area (Å²) in [6, 6.07) is 7.87. The second-order valence-electron chi connectivity index (χ2n) is 3.17. The molecular weight excluding hydrogens is 224 g/mol. The largest absolute Gasteiger partial charge is 0.0978 e. The van der Waals surface area contributed by atoms with E-state index in [-0.39, 0.29) is 0 Å². The van der Waals surface area contributed by atoms with Crippen molar-refractivity contribution in [1.82, 2.24) is 0 Å². The molecule has 0 aliphatic heterocycles. The molecule has 75 valence electrons. The lowest BCUT2D eigenvalue weighted by atomic mass is 10.1. The summed E-state index contributed by atoms with van der Waals surface area (Å²) in [7, 11) is 0. The Labute approximate surface area is 99.3 Å². The van der Waals surface area contributed by atoms with Crippen LogP contribution in [-0.2, 0) is 0 Å². The van der Waals surface area contributed by atoms with Crippen LogP contribution in [0.5, 0.6) is 0 Å². The number of hydrogen-bond acceptors (Lipinski definition) is 1. The summed E-state index contributed by atoms with van der Waals surface area (Å²) in [5, 5.41) is 2.94. The van der Waals surface area contributed by atoms with E-state index in [1.54, 1.807) is 11.8 Å². The van der Waals surface area contributed by atoms with Crippen molar-refractivity contribution in [1.29, 1.82) is 0 Å². The lowest BCUT2D eigenvalue weighted by Crippen LogP contribution is -1.79. The molecule has 0 atom stereocenters. The fraction of sp³-hybridized carbons (Fsp3) is 0.0769. The molecule has 15 heavy (non-hydrogen) atoms. The number of allylic oxidation sites excluding steroid dienone is 5. The minimum atomic E-state index is 0.780. The van der Waals surface area contributed by atoms with Crippen LogP contribution in [0.3, 0.4) is 0 Å². The fourth-order valence-electron chi connectivity index (χ4n) is 1.21. The molecule has 1 aromatic rings. The minimum Gasteiger partial charge on any atom is -0.0978 e. The summed E-state index contributed by atoms with van der Waals surface area (Å²) in [4.78, 5) is 1.21. The van der Waals surface area contributed by atoms with Crippen LogP contribution in [0.25, 0.3) is 0 Å². The third-order valence-corrected chi connectivity index (χ3v) is 3.23. The monoisotopic (exact) mass is 233 g/mol. The maximum Gasteiger partial charge on any atom is 0.0406 e. The first-order valence-electron chi connectivity index (χ1n) is 4.70. The normalized spacial score (nSPS) is 17.3. The molecule has 0 fully saturated rings. The maximum absolute atomic E-state index is 5.81. The lowest BCUT2D eigenvalue weighted by Gasteiger charge is -2.01. The molecule has 1 aliphatic carbocycles. The van der Waals surface area contributed by atoms with Crippen molar-refractivity contribution in [2.45, 2.75) is 11.3 Å². The first-order valence-corrected chi connectivity index (χ1v) is 5.96. The standard InChI is InChI=1S/C13H10ClS/c14-12-6-8-13(9-7-12)15-10-11-4-2-1-3-5-11/h2-4,6-10H,5H2. The zero-order chi connectivity index (χ0) is 10.5. The Kier molecular flexibility index (Phi) is 3.70. The van der Waals surface area contributed by atoms with E-state index in [1.807, 2.05) is 36.4 Å². The number of benzene rings is 1. The van der Waals surface area contributed by atoms with E-state index in [4.69, 9.17) is 11.6 Å². The highest BCUT2D eigenvalue weighted by atomic mass is 35.5. The van der Waals surface area contributed by atoms with Crippen molar-refractivity contribution in [3.05, 3.63) is 64.6 Å². The van der Waals surface area contributed by atoms with Gasteiger partial charge < -0.3 is 0 Å². The van der Waals surface area contributed by atoms with Gasteiger partial charge in [-0.05, 0) is 47.7 Å². The van der Waals surface area contributed by atoms with Crippen molar-refractivity contribution >= 4 is 23.4 Å². The lowest BCUT2D eigenvalue weighted by molar-refractivity contribution is 1.26. The fourth-order valence-corrected chi connectivity index (χ4v) is 2.09. The Hall–Kier alpha value is -0.920. The summed E-state index contributed by atoms with van der Waals surface area (Å²) >= 11 is 7.53. The van der Waals surface area contributed by atoms with Crippen molar-refractivity contribution in [3.63, 3.8) is 0 Å². The molecule has 0 spiro atoms. The first kappa shape index (κ1) is 10.6. The van der Waals surface area contributed by atoms with Crippen molar-refractivity contribution < 1.29 is 0 Å². The van der Waals surface area contributed by atoms with Gasteiger partial charge in [0.1, 0.15) is 0 Å². The van der Waals surface area contributed by atoms with E-state index in [2.05, 4.69) is 17.6 Å². The molecule has 1 aromatic carbocycles. The maximum atomic E-state index is 5.81. The van der Waals surface area contributed by atoms with E-state index in [0.29, 0.717) is 0 Å². The van der Waals surface area contributed by atoms with Gasteiger partial charge in [-0.15, -0.1) is 0 Å². The third-order valence-electron chi connectivity index (χ3n) is 2.01. The van der Waals surface area contributed by atoms with Crippen LogP contribution >= 0.6 is 23.4 Å². The molecule has 0 nitrogen and oxygen atoms in total. The number of halogens is 1. The van der Waals surface area contributed by atoms with Gasteiger partial charge in [0.05, 0.1) is 0 Å². The zero-order valence-electron chi connectivity index (χ0n) is 8.11. The van der Waals surface area contributed by atoms with Gasteiger partial charge in [-0.2, -0.15) is 0 Å². The summed E-state index contributed by atoms with van der Waals surface area (Å²) in [6.45, 7) is 0. The Morgan fingerprint density at radius 3 is 2.73 bits per heavy atom. The zero-order valence-corrected chi connectivity index (χ0v) is 9.68. The van der Waals surface area contributed by atoms with Crippen LogP contribution in [0.1, 0.15) is 6.42 Å². The van der Waals surface area contributed by atoms with Gasteiger partial charge in [-0.3, -0.25) is 0 Å². The van der Waals surface area contributed by atoms with E-state index in [0.717, 1.165) is 11.4 Å². The molecule has 0 N–H and O–H groups in total. The average Bonchev–Trinajstić information content (AvgIpc) is 2.30. The van der Waals surface area contributed by atoms with E-state index in [9.17, 15) is 0 Å². The van der Waals surface area contributed by atoms with Crippen molar-refractivity contribution in [2.75, 3.05) is 0 Å². The van der Waals surface area contributed by atoms with Crippen molar-refractivity contribution in [2.24, 2.45) is 0 Å². The van der Waals surface area contributed by atoms with Gasteiger partial charge in [0, 0.05) is 9.92 Å². The molecule has 0 saturated heterocycles. The smallest absolute Gasteiger partial charge is 0.0406 e. The van der Waals surface area contributed by atoms with Crippen LogP contribution in [0, 0.1) is 6.08 Å². The van der Waals surface area contributed by atoms with Gasteiger partial charge in [-0.25, -0.2) is 0 Å². The summed E-state index contributed by atoms with van der Waals surface area (Å²) in [5.41, 5.74) is 1.31. The SMILES string of the molecule is Clc1ccc(SC=C2C=C[C]=CC2)cc1. The molecule has 0 aromatic heterocycles. The van der Waals surface area contributed by atoms with Crippen LogP contribution in [0.15, 0.2) is 58.4 Å². The van der Waals surface area contributed by atoms with E-state index >= 15 is 0 Å². The minimum absolute atomic E-state index is 0.780. The predicted molar refractivity (Wildman–Crippen MR) is 67.0 cm³/mol. The number of rotatable bonds is 2. The summed E-state index contributed by atoms with van der Waals surface area (Å²) < 4.78 is 0. The van der Waals surface area contributed by atoms with E-state index in [1.165, 1.54) is 10.5 Å². The summed E-state index contributed by atoms with van der Waals surface area (Å²) in [5.74, 6) is 0. The Morgan fingerprint density at radius 1 is 1.27 bits per heavy atom. The molecule has 0 saturated carbocycles. The highest BCUT2D eigenvalue weighted by Crippen LogP contribution is 2.24. The molecule has 0 unspecified atom stereocenters. The molecule has 2 heteroatoms. The highest BCUT2D eigenvalue weighted by molar-refractivity contribution is 8.02. The Balaban J connectivity index is 2.01. The number of thioether (sulfide) groups is 1. The predicted octanol–water partition coefficient (Wildman–Crippen LogP) is 4.64. The molecule has 0 bridgehead atoms. The molecule has 2 rings (SSSR count). The van der Waals surface area contributed by atoms with Gasteiger partial charge in [-0.1, -0.05) is 41.6 Å². The van der Waals surface area contributed by atoms with Crippen molar-refractivity contribution in [3.8, 4) is 0 Å². The van der Waals surface area contributed by atoms with Gasteiger partial charge in [0.25, 0.3) is 0 Å². The van der Waals surface area contributed by atoms with Crippen LogP contribution in [-0.4, -0.2) is 0 Å². The molecule has 1 radical (unpaired) electrons. The van der Waals surface area contributed by atoms with Crippen LogP contribution in [0.2, 0.25) is 5.02 Å². The molecule has 0 amide bonds. The van der Waals surface area contributed by atoms with E-state index < -0.39 is 0 Å². The Morgan fingerprint density at radius 2 is 2.07 bits per heavy atom.